The van der Waals surface area contributed by atoms with E-state index in [1.54, 1.807) is 0 Å². The van der Waals surface area contributed by atoms with E-state index in [1.807, 2.05) is 0 Å². The third-order valence-electron chi connectivity index (χ3n) is 1.84. The second-order valence-corrected chi connectivity index (χ2v) is 3.12. The summed E-state index contributed by atoms with van der Waals surface area (Å²) in [6.07, 6.45) is 5.17. The minimum absolute atomic E-state index is 0.0623. The molecule has 0 aromatic rings. The maximum Gasteiger partial charge on any atom is 0.233 e. The molecule has 6 nitrogen and oxygen atoms in total. The molecule has 0 rings (SSSR count). The number of carbonyl (C=O) groups excluding carboxylic acids is 2. The Kier molecular flexibility index (Phi) is 7.85. The van der Waals surface area contributed by atoms with Gasteiger partial charge in [0.1, 0.15) is 5.92 Å². The van der Waals surface area contributed by atoms with Crippen LogP contribution in [0.1, 0.15) is 6.42 Å². The lowest BCUT2D eigenvalue weighted by molar-refractivity contribution is -0.134. The molecule has 16 heavy (non-hydrogen) atoms. The Balaban J connectivity index is 4.30. The standard InChI is InChI=1S/C10H18N4O2/c1-2-3-8(9(15)13-6-4-11)10(16)14-7-5-12/h1,8H,3-7,11-12H2,(H,13,15)(H,14,16). The molecule has 0 aliphatic rings. The van der Waals surface area contributed by atoms with Crippen molar-refractivity contribution in [2.75, 3.05) is 26.2 Å². The zero-order valence-electron chi connectivity index (χ0n) is 9.16. The quantitative estimate of drug-likeness (QED) is 0.291. The first-order valence-electron chi connectivity index (χ1n) is 5.06. The molecule has 0 aromatic carbocycles. The molecule has 0 atom stereocenters. The lowest BCUT2D eigenvalue weighted by Gasteiger charge is -2.13. The van der Waals surface area contributed by atoms with Crippen molar-refractivity contribution in [2.45, 2.75) is 6.42 Å². The molecule has 0 spiro atoms. The van der Waals surface area contributed by atoms with Crippen molar-refractivity contribution < 1.29 is 9.59 Å². The van der Waals surface area contributed by atoms with Gasteiger partial charge in [0.2, 0.25) is 11.8 Å². The molecule has 0 aliphatic heterocycles. The van der Waals surface area contributed by atoms with Crippen molar-refractivity contribution in [1.82, 2.24) is 10.6 Å². The van der Waals surface area contributed by atoms with Crippen LogP contribution in [-0.2, 0) is 9.59 Å². The third-order valence-corrected chi connectivity index (χ3v) is 1.84. The van der Waals surface area contributed by atoms with Crippen molar-refractivity contribution in [3.8, 4) is 12.3 Å². The number of hydrogen-bond acceptors (Lipinski definition) is 4. The monoisotopic (exact) mass is 226 g/mol. The first-order valence-corrected chi connectivity index (χ1v) is 5.06. The summed E-state index contributed by atoms with van der Waals surface area (Å²) in [4.78, 5) is 23.1. The second kappa shape index (κ2) is 8.71. The Morgan fingerprint density at radius 1 is 1.12 bits per heavy atom. The van der Waals surface area contributed by atoms with Gasteiger partial charge in [0.15, 0.2) is 0 Å². The molecule has 6 N–H and O–H groups in total. The summed E-state index contributed by atoms with van der Waals surface area (Å²) in [5, 5.41) is 5.05. The minimum atomic E-state index is -0.872. The predicted octanol–water partition coefficient (Wildman–Crippen LogP) is -2.22. The molecule has 0 fully saturated rings. The van der Waals surface area contributed by atoms with E-state index in [9.17, 15) is 9.59 Å². The van der Waals surface area contributed by atoms with E-state index < -0.39 is 17.7 Å². The highest BCUT2D eigenvalue weighted by atomic mass is 16.2. The van der Waals surface area contributed by atoms with Crippen LogP contribution in [0.15, 0.2) is 0 Å². The smallest absolute Gasteiger partial charge is 0.233 e. The summed E-state index contributed by atoms with van der Waals surface area (Å²) in [6, 6.07) is 0. The average molecular weight is 226 g/mol. The molecule has 0 saturated carbocycles. The zero-order chi connectivity index (χ0) is 12.4. The number of rotatable bonds is 7. The maximum absolute atomic E-state index is 11.5. The van der Waals surface area contributed by atoms with Gasteiger partial charge in [0.25, 0.3) is 0 Å². The minimum Gasteiger partial charge on any atom is -0.354 e. The van der Waals surface area contributed by atoms with E-state index >= 15 is 0 Å². The highest BCUT2D eigenvalue weighted by Gasteiger charge is 2.24. The summed E-state index contributed by atoms with van der Waals surface area (Å²) in [7, 11) is 0. The largest absolute Gasteiger partial charge is 0.354 e. The average Bonchev–Trinajstić information content (AvgIpc) is 2.29. The SMILES string of the molecule is C#CCC(C(=O)NCCN)C(=O)NCCN. The van der Waals surface area contributed by atoms with Gasteiger partial charge in [-0.25, -0.2) is 0 Å². The Bertz CT molecular complexity index is 252. The van der Waals surface area contributed by atoms with Crippen molar-refractivity contribution in [1.29, 1.82) is 0 Å². The highest BCUT2D eigenvalue weighted by Crippen LogP contribution is 2.02. The number of hydrogen-bond donors (Lipinski definition) is 4. The summed E-state index contributed by atoms with van der Waals surface area (Å²) < 4.78 is 0. The van der Waals surface area contributed by atoms with E-state index in [0.717, 1.165) is 0 Å². The van der Waals surface area contributed by atoms with Crippen LogP contribution < -0.4 is 22.1 Å². The number of nitrogens with one attached hydrogen (secondary N) is 2. The topological polar surface area (TPSA) is 110 Å². The first kappa shape index (κ1) is 14.4. The molecular formula is C10H18N4O2. The summed E-state index contributed by atoms with van der Waals surface area (Å²) >= 11 is 0. The van der Waals surface area contributed by atoms with Crippen LogP contribution >= 0.6 is 0 Å². The Morgan fingerprint density at radius 2 is 1.56 bits per heavy atom. The number of nitrogens with two attached hydrogens (primary N) is 2. The van der Waals surface area contributed by atoms with Crippen LogP contribution in [0.2, 0.25) is 0 Å². The van der Waals surface area contributed by atoms with Gasteiger partial charge in [0.05, 0.1) is 0 Å². The van der Waals surface area contributed by atoms with E-state index in [0.29, 0.717) is 26.2 Å². The van der Waals surface area contributed by atoms with Gasteiger partial charge in [-0.3, -0.25) is 9.59 Å². The van der Waals surface area contributed by atoms with E-state index in [-0.39, 0.29) is 6.42 Å². The fourth-order valence-corrected chi connectivity index (χ4v) is 1.06. The molecule has 0 heterocycles. The molecular weight excluding hydrogens is 208 g/mol. The Morgan fingerprint density at radius 3 is 1.88 bits per heavy atom. The van der Waals surface area contributed by atoms with Crippen LogP contribution in [0, 0.1) is 18.3 Å². The first-order chi connectivity index (χ1) is 7.67. The summed E-state index contributed by atoms with van der Waals surface area (Å²) in [5.41, 5.74) is 10.5. The number of amides is 2. The van der Waals surface area contributed by atoms with Crippen LogP contribution in [0.3, 0.4) is 0 Å². The van der Waals surface area contributed by atoms with Gasteiger partial charge in [-0.15, -0.1) is 12.3 Å². The zero-order valence-corrected chi connectivity index (χ0v) is 9.16. The summed E-state index contributed by atoms with van der Waals surface area (Å²) in [6.45, 7) is 1.28. The molecule has 90 valence electrons. The lowest BCUT2D eigenvalue weighted by atomic mass is 10.0. The molecule has 6 heteroatoms. The molecule has 0 unspecified atom stereocenters. The van der Waals surface area contributed by atoms with Crippen LogP contribution in [-0.4, -0.2) is 38.0 Å². The van der Waals surface area contributed by atoms with E-state index in [1.165, 1.54) is 0 Å². The second-order valence-electron chi connectivity index (χ2n) is 3.12. The van der Waals surface area contributed by atoms with Crippen molar-refractivity contribution in [3.63, 3.8) is 0 Å². The van der Waals surface area contributed by atoms with Gasteiger partial charge in [0, 0.05) is 32.6 Å². The molecule has 0 aliphatic carbocycles. The van der Waals surface area contributed by atoms with Gasteiger partial charge in [-0.2, -0.15) is 0 Å². The van der Waals surface area contributed by atoms with Crippen LogP contribution in [0.5, 0.6) is 0 Å². The molecule has 0 bridgehead atoms. The van der Waals surface area contributed by atoms with Gasteiger partial charge in [-0.1, -0.05) is 0 Å². The Labute approximate surface area is 95.1 Å². The molecule has 0 radical (unpaired) electrons. The van der Waals surface area contributed by atoms with Gasteiger partial charge >= 0.3 is 0 Å². The predicted molar refractivity (Wildman–Crippen MR) is 61.1 cm³/mol. The number of carbonyl (C=O) groups is 2. The van der Waals surface area contributed by atoms with E-state index in [4.69, 9.17) is 17.9 Å². The van der Waals surface area contributed by atoms with Crippen LogP contribution in [0.4, 0.5) is 0 Å². The highest BCUT2D eigenvalue weighted by molar-refractivity contribution is 6.00. The normalized spacial score (nSPS) is 9.62. The third kappa shape index (κ3) is 5.34. The fraction of sp³-hybridized carbons (Fsp3) is 0.600. The van der Waals surface area contributed by atoms with Crippen molar-refractivity contribution in [3.05, 3.63) is 0 Å². The maximum atomic E-state index is 11.5. The fourth-order valence-electron chi connectivity index (χ4n) is 1.06. The van der Waals surface area contributed by atoms with Gasteiger partial charge < -0.3 is 22.1 Å². The van der Waals surface area contributed by atoms with Crippen molar-refractivity contribution >= 4 is 11.8 Å². The molecule has 2 amide bonds. The van der Waals surface area contributed by atoms with E-state index in [2.05, 4.69) is 16.6 Å². The summed E-state index contributed by atoms with van der Waals surface area (Å²) in [5.74, 6) is 0.617. The molecule has 0 aromatic heterocycles. The van der Waals surface area contributed by atoms with Gasteiger partial charge in [-0.05, 0) is 0 Å². The molecule has 0 saturated heterocycles. The van der Waals surface area contributed by atoms with Crippen molar-refractivity contribution in [2.24, 2.45) is 17.4 Å². The Hall–Kier alpha value is -1.58. The number of terminal acetylenes is 1. The lowest BCUT2D eigenvalue weighted by Crippen LogP contribution is -2.43. The van der Waals surface area contributed by atoms with Crippen LogP contribution in [0.25, 0.3) is 0 Å².